The Morgan fingerprint density at radius 3 is 2.73 bits per heavy atom. The maximum atomic E-state index is 12.2. The second kappa shape index (κ2) is 4.29. The highest BCUT2D eigenvalue weighted by Crippen LogP contribution is 2.27. The SMILES string of the molecule is C=C(C)CNc1nccc(C(F)(F)F)n1. The molecule has 0 saturated carbocycles. The van der Waals surface area contributed by atoms with E-state index >= 15 is 0 Å². The zero-order chi connectivity index (χ0) is 11.5. The number of hydrogen-bond donors (Lipinski definition) is 1. The Labute approximate surface area is 85.1 Å². The maximum Gasteiger partial charge on any atom is 0.433 e. The van der Waals surface area contributed by atoms with E-state index in [-0.39, 0.29) is 5.95 Å². The number of anilines is 1. The summed E-state index contributed by atoms with van der Waals surface area (Å²) in [4.78, 5) is 6.99. The third kappa shape index (κ3) is 3.57. The zero-order valence-corrected chi connectivity index (χ0v) is 8.10. The van der Waals surface area contributed by atoms with Crippen LogP contribution in [0.4, 0.5) is 19.1 Å². The van der Waals surface area contributed by atoms with Gasteiger partial charge in [0.15, 0.2) is 0 Å². The summed E-state index contributed by atoms with van der Waals surface area (Å²) in [6, 6.07) is 0.825. The lowest BCUT2D eigenvalue weighted by atomic mass is 10.3. The maximum absolute atomic E-state index is 12.2. The third-order valence-electron chi connectivity index (χ3n) is 1.49. The number of hydrogen-bond acceptors (Lipinski definition) is 3. The van der Waals surface area contributed by atoms with Crippen molar-refractivity contribution in [1.29, 1.82) is 0 Å². The van der Waals surface area contributed by atoms with Crippen molar-refractivity contribution in [2.75, 3.05) is 11.9 Å². The summed E-state index contributed by atoms with van der Waals surface area (Å²) >= 11 is 0. The minimum Gasteiger partial charge on any atom is -0.350 e. The van der Waals surface area contributed by atoms with E-state index in [1.54, 1.807) is 6.92 Å². The molecule has 0 aliphatic rings. The van der Waals surface area contributed by atoms with Gasteiger partial charge in [-0.25, -0.2) is 9.97 Å². The first-order valence-corrected chi connectivity index (χ1v) is 4.18. The molecule has 0 radical (unpaired) electrons. The smallest absolute Gasteiger partial charge is 0.350 e. The van der Waals surface area contributed by atoms with Crippen molar-refractivity contribution in [3.8, 4) is 0 Å². The largest absolute Gasteiger partial charge is 0.433 e. The molecule has 0 bridgehead atoms. The summed E-state index contributed by atoms with van der Waals surface area (Å²) in [6.07, 6.45) is -3.38. The molecule has 1 aromatic heterocycles. The Morgan fingerprint density at radius 2 is 2.20 bits per heavy atom. The number of halogens is 3. The Morgan fingerprint density at radius 1 is 1.53 bits per heavy atom. The van der Waals surface area contributed by atoms with Gasteiger partial charge < -0.3 is 5.32 Å². The molecule has 1 heterocycles. The van der Waals surface area contributed by atoms with Crippen LogP contribution in [0.5, 0.6) is 0 Å². The van der Waals surface area contributed by atoms with Crippen molar-refractivity contribution in [1.82, 2.24) is 9.97 Å². The fourth-order valence-electron chi connectivity index (χ4n) is 0.832. The van der Waals surface area contributed by atoms with Crippen molar-refractivity contribution in [2.45, 2.75) is 13.1 Å². The minimum atomic E-state index is -4.44. The van der Waals surface area contributed by atoms with Crippen LogP contribution in [0.1, 0.15) is 12.6 Å². The van der Waals surface area contributed by atoms with Gasteiger partial charge in [0, 0.05) is 12.7 Å². The topological polar surface area (TPSA) is 37.8 Å². The highest BCUT2D eigenvalue weighted by Gasteiger charge is 2.32. The van der Waals surface area contributed by atoms with Gasteiger partial charge in [-0.2, -0.15) is 13.2 Å². The molecule has 0 spiro atoms. The molecule has 3 nitrogen and oxygen atoms in total. The van der Waals surface area contributed by atoms with E-state index in [0.29, 0.717) is 6.54 Å². The number of aromatic nitrogens is 2. The fourth-order valence-corrected chi connectivity index (χ4v) is 0.832. The van der Waals surface area contributed by atoms with Crippen molar-refractivity contribution in [3.63, 3.8) is 0 Å². The molecular weight excluding hydrogens is 207 g/mol. The lowest BCUT2D eigenvalue weighted by Crippen LogP contribution is -2.12. The van der Waals surface area contributed by atoms with Crippen LogP contribution in [0.3, 0.4) is 0 Å². The zero-order valence-electron chi connectivity index (χ0n) is 8.10. The highest BCUT2D eigenvalue weighted by molar-refractivity contribution is 5.27. The summed E-state index contributed by atoms with van der Waals surface area (Å²) in [5.74, 6) is -0.0483. The number of alkyl halides is 3. The summed E-state index contributed by atoms with van der Waals surface area (Å²) in [5.41, 5.74) is -0.169. The highest BCUT2D eigenvalue weighted by atomic mass is 19.4. The van der Waals surface area contributed by atoms with Gasteiger partial charge in [0.1, 0.15) is 5.69 Å². The van der Waals surface area contributed by atoms with E-state index in [1.165, 1.54) is 0 Å². The summed E-state index contributed by atoms with van der Waals surface area (Å²) in [5, 5.41) is 2.63. The first kappa shape index (κ1) is 11.5. The van der Waals surface area contributed by atoms with E-state index in [0.717, 1.165) is 17.8 Å². The van der Waals surface area contributed by atoms with E-state index in [4.69, 9.17) is 0 Å². The molecule has 1 aromatic rings. The minimum absolute atomic E-state index is 0.0483. The van der Waals surface area contributed by atoms with E-state index < -0.39 is 11.9 Å². The molecule has 1 N–H and O–H groups in total. The summed E-state index contributed by atoms with van der Waals surface area (Å²) in [7, 11) is 0. The van der Waals surface area contributed by atoms with Crippen molar-refractivity contribution >= 4 is 5.95 Å². The predicted octanol–water partition coefficient (Wildman–Crippen LogP) is 2.48. The number of rotatable bonds is 3. The van der Waals surface area contributed by atoms with Crippen LogP contribution >= 0.6 is 0 Å². The lowest BCUT2D eigenvalue weighted by molar-refractivity contribution is -0.141. The van der Waals surface area contributed by atoms with Gasteiger partial charge in [-0.1, -0.05) is 12.2 Å². The third-order valence-corrected chi connectivity index (χ3v) is 1.49. The van der Waals surface area contributed by atoms with Crippen LogP contribution in [0.25, 0.3) is 0 Å². The van der Waals surface area contributed by atoms with Gasteiger partial charge >= 0.3 is 6.18 Å². The molecule has 0 aliphatic carbocycles. The average molecular weight is 217 g/mol. The Balaban J connectivity index is 2.79. The molecule has 0 saturated heterocycles. The van der Waals surface area contributed by atoms with Crippen LogP contribution in [0.15, 0.2) is 24.4 Å². The molecule has 1 rings (SSSR count). The van der Waals surface area contributed by atoms with E-state index in [2.05, 4.69) is 21.9 Å². The molecule has 15 heavy (non-hydrogen) atoms. The molecule has 0 atom stereocenters. The van der Waals surface area contributed by atoms with Crippen LogP contribution in [-0.4, -0.2) is 16.5 Å². The molecule has 0 aromatic carbocycles. The Bertz CT molecular complexity index is 360. The second-order valence-corrected chi connectivity index (χ2v) is 3.07. The monoisotopic (exact) mass is 217 g/mol. The fraction of sp³-hybridized carbons (Fsp3) is 0.333. The summed E-state index contributed by atoms with van der Waals surface area (Å²) < 4.78 is 36.7. The van der Waals surface area contributed by atoms with Gasteiger partial charge in [-0.3, -0.25) is 0 Å². The molecule has 82 valence electrons. The van der Waals surface area contributed by atoms with Gasteiger partial charge in [0.2, 0.25) is 5.95 Å². The van der Waals surface area contributed by atoms with Crippen LogP contribution in [0, 0.1) is 0 Å². The van der Waals surface area contributed by atoms with Crippen molar-refractivity contribution in [3.05, 3.63) is 30.1 Å². The number of nitrogens with zero attached hydrogens (tertiary/aromatic N) is 2. The first-order valence-electron chi connectivity index (χ1n) is 4.18. The lowest BCUT2D eigenvalue weighted by Gasteiger charge is -2.08. The van der Waals surface area contributed by atoms with Crippen LogP contribution < -0.4 is 5.32 Å². The van der Waals surface area contributed by atoms with Gasteiger partial charge in [0.05, 0.1) is 0 Å². The normalized spacial score (nSPS) is 11.2. The van der Waals surface area contributed by atoms with Crippen LogP contribution in [-0.2, 0) is 6.18 Å². The molecule has 0 amide bonds. The van der Waals surface area contributed by atoms with Crippen molar-refractivity contribution < 1.29 is 13.2 Å². The first-order chi connectivity index (χ1) is 6.89. The van der Waals surface area contributed by atoms with E-state index in [9.17, 15) is 13.2 Å². The van der Waals surface area contributed by atoms with Gasteiger partial charge in [0.25, 0.3) is 0 Å². The molecule has 6 heteroatoms. The predicted molar refractivity (Wildman–Crippen MR) is 50.3 cm³/mol. The molecule has 0 unspecified atom stereocenters. The quantitative estimate of drug-likeness (QED) is 0.790. The van der Waals surface area contributed by atoms with Gasteiger partial charge in [-0.05, 0) is 13.0 Å². The van der Waals surface area contributed by atoms with E-state index in [1.807, 2.05) is 0 Å². The molecule has 0 fully saturated rings. The Hall–Kier alpha value is -1.59. The van der Waals surface area contributed by atoms with Crippen molar-refractivity contribution in [2.24, 2.45) is 0 Å². The second-order valence-electron chi connectivity index (χ2n) is 3.07. The van der Waals surface area contributed by atoms with Crippen LogP contribution in [0.2, 0.25) is 0 Å². The standard InChI is InChI=1S/C9H10F3N3/c1-6(2)5-14-8-13-4-3-7(15-8)9(10,11)12/h3-4H,1,5H2,2H3,(H,13,14,15). The van der Waals surface area contributed by atoms with Gasteiger partial charge in [-0.15, -0.1) is 0 Å². The number of nitrogens with one attached hydrogen (secondary N) is 1. The average Bonchev–Trinajstić information content (AvgIpc) is 2.14. The Kier molecular flexibility index (Phi) is 3.28. The molecular formula is C9H10F3N3. The molecule has 0 aliphatic heterocycles. The summed E-state index contributed by atoms with van der Waals surface area (Å²) in [6.45, 7) is 5.70.